The van der Waals surface area contributed by atoms with Gasteiger partial charge in [0, 0.05) is 24.5 Å². The van der Waals surface area contributed by atoms with Gasteiger partial charge in [0.05, 0.1) is 23.5 Å². The summed E-state index contributed by atoms with van der Waals surface area (Å²) in [6, 6.07) is 14.5. The summed E-state index contributed by atoms with van der Waals surface area (Å²) in [4.78, 5) is 14.6. The second kappa shape index (κ2) is 8.43. The standard InChI is InChI=1S/C22H23FN4O2/c1-2-29-22(28)20-21(16-7-3-5-9-18(16)25-26-20)27-13-11-15(12-14-27)24-19-10-6-4-8-17(19)23/h3-10,15,24H,2,11-14H2,1H3. The van der Waals surface area contributed by atoms with E-state index in [2.05, 4.69) is 20.4 Å². The third-order valence-electron chi connectivity index (χ3n) is 5.15. The summed E-state index contributed by atoms with van der Waals surface area (Å²) in [5.41, 5.74) is 2.26. The highest BCUT2D eigenvalue weighted by Crippen LogP contribution is 2.31. The molecule has 7 heteroatoms. The summed E-state index contributed by atoms with van der Waals surface area (Å²) in [6.45, 7) is 3.48. The minimum Gasteiger partial charge on any atom is -0.461 e. The normalized spacial score (nSPS) is 14.8. The fraction of sp³-hybridized carbons (Fsp3) is 0.318. The Bertz CT molecular complexity index is 1020. The molecule has 1 aliphatic rings. The van der Waals surface area contributed by atoms with E-state index in [1.807, 2.05) is 30.3 Å². The molecule has 1 N–H and O–H groups in total. The molecule has 0 bridgehead atoms. The van der Waals surface area contributed by atoms with Crippen molar-refractivity contribution in [3.63, 3.8) is 0 Å². The largest absolute Gasteiger partial charge is 0.461 e. The van der Waals surface area contributed by atoms with Gasteiger partial charge < -0.3 is 15.0 Å². The van der Waals surface area contributed by atoms with Crippen molar-refractivity contribution in [2.75, 3.05) is 29.9 Å². The van der Waals surface area contributed by atoms with Gasteiger partial charge in [-0.3, -0.25) is 0 Å². The first-order valence-corrected chi connectivity index (χ1v) is 9.86. The quantitative estimate of drug-likeness (QED) is 0.659. The SMILES string of the molecule is CCOC(=O)c1nnc2ccccc2c1N1CCC(Nc2ccccc2F)CC1. The van der Waals surface area contributed by atoms with E-state index in [1.165, 1.54) is 6.07 Å². The van der Waals surface area contributed by atoms with Gasteiger partial charge in [0.15, 0.2) is 5.69 Å². The molecule has 2 aromatic carbocycles. The summed E-state index contributed by atoms with van der Waals surface area (Å²) < 4.78 is 19.1. The Morgan fingerprint density at radius 2 is 1.86 bits per heavy atom. The third-order valence-corrected chi connectivity index (χ3v) is 5.15. The number of hydrogen-bond acceptors (Lipinski definition) is 6. The van der Waals surface area contributed by atoms with Gasteiger partial charge in [-0.25, -0.2) is 9.18 Å². The van der Waals surface area contributed by atoms with Crippen LogP contribution in [0, 0.1) is 5.82 Å². The van der Waals surface area contributed by atoms with Crippen LogP contribution in [0.5, 0.6) is 0 Å². The molecule has 150 valence electrons. The van der Waals surface area contributed by atoms with E-state index in [0.717, 1.165) is 29.4 Å². The zero-order valence-electron chi connectivity index (χ0n) is 16.3. The number of fused-ring (bicyclic) bond motifs is 1. The number of halogens is 1. The molecule has 1 aromatic heterocycles. The van der Waals surface area contributed by atoms with Gasteiger partial charge in [0.1, 0.15) is 5.82 Å². The highest BCUT2D eigenvalue weighted by atomic mass is 19.1. The number of para-hydroxylation sites is 1. The summed E-state index contributed by atoms with van der Waals surface area (Å²) in [6.07, 6.45) is 1.63. The molecule has 0 spiro atoms. The lowest BCUT2D eigenvalue weighted by Gasteiger charge is -2.35. The first kappa shape index (κ1) is 19.1. The number of nitrogens with zero attached hydrogens (tertiary/aromatic N) is 3. The van der Waals surface area contributed by atoms with Gasteiger partial charge in [-0.05, 0) is 38.0 Å². The lowest BCUT2D eigenvalue weighted by molar-refractivity contribution is 0.0519. The van der Waals surface area contributed by atoms with Crippen molar-refractivity contribution in [1.82, 2.24) is 10.2 Å². The highest BCUT2D eigenvalue weighted by Gasteiger charge is 2.27. The fourth-order valence-electron chi connectivity index (χ4n) is 3.74. The van der Waals surface area contributed by atoms with Crippen molar-refractivity contribution in [3.05, 3.63) is 60.0 Å². The Hall–Kier alpha value is -3.22. The number of rotatable bonds is 5. The summed E-state index contributed by atoms with van der Waals surface area (Å²) in [5, 5.41) is 12.5. The Kier molecular flexibility index (Phi) is 5.55. The maximum atomic E-state index is 13.9. The van der Waals surface area contributed by atoms with E-state index in [-0.39, 0.29) is 24.2 Å². The van der Waals surface area contributed by atoms with Crippen molar-refractivity contribution in [2.24, 2.45) is 0 Å². The van der Waals surface area contributed by atoms with Crippen LogP contribution in [0.1, 0.15) is 30.3 Å². The van der Waals surface area contributed by atoms with Crippen molar-refractivity contribution in [1.29, 1.82) is 0 Å². The van der Waals surface area contributed by atoms with Gasteiger partial charge in [-0.2, -0.15) is 0 Å². The van der Waals surface area contributed by atoms with Crippen LogP contribution in [0.15, 0.2) is 48.5 Å². The fourth-order valence-corrected chi connectivity index (χ4v) is 3.74. The van der Waals surface area contributed by atoms with Gasteiger partial charge in [-0.1, -0.05) is 30.3 Å². The second-order valence-electron chi connectivity index (χ2n) is 7.02. The molecular weight excluding hydrogens is 371 g/mol. The molecule has 29 heavy (non-hydrogen) atoms. The number of nitrogens with one attached hydrogen (secondary N) is 1. The van der Waals surface area contributed by atoms with Crippen molar-refractivity contribution < 1.29 is 13.9 Å². The average molecular weight is 394 g/mol. The Morgan fingerprint density at radius 1 is 1.14 bits per heavy atom. The van der Waals surface area contributed by atoms with Crippen molar-refractivity contribution in [2.45, 2.75) is 25.8 Å². The Balaban J connectivity index is 1.58. The topological polar surface area (TPSA) is 67.3 Å². The number of esters is 1. The van der Waals surface area contributed by atoms with E-state index in [0.29, 0.717) is 18.8 Å². The van der Waals surface area contributed by atoms with Crippen LogP contribution >= 0.6 is 0 Å². The minimum atomic E-state index is -0.465. The molecule has 4 rings (SSSR count). The number of benzene rings is 2. The number of hydrogen-bond donors (Lipinski definition) is 1. The number of ether oxygens (including phenoxy) is 1. The van der Waals surface area contributed by atoms with Gasteiger partial charge in [0.2, 0.25) is 0 Å². The molecule has 3 aromatic rings. The molecule has 0 saturated carbocycles. The van der Waals surface area contributed by atoms with Crippen LogP contribution < -0.4 is 10.2 Å². The molecule has 0 radical (unpaired) electrons. The van der Waals surface area contributed by atoms with Crippen LogP contribution in [0.3, 0.4) is 0 Å². The van der Waals surface area contributed by atoms with Crippen LogP contribution in [-0.4, -0.2) is 41.9 Å². The van der Waals surface area contributed by atoms with Gasteiger partial charge in [-0.15, -0.1) is 10.2 Å². The molecule has 1 fully saturated rings. The number of carbonyl (C=O) groups excluding carboxylic acids is 1. The third kappa shape index (κ3) is 3.99. The average Bonchev–Trinajstić information content (AvgIpc) is 2.75. The van der Waals surface area contributed by atoms with E-state index >= 15 is 0 Å². The Morgan fingerprint density at radius 3 is 2.62 bits per heavy atom. The first-order chi connectivity index (χ1) is 14.2. The lowest BCUT2D eigenvalue weighted by atomic mass is 10.0. The molecule has 0 atom stereocenters. The van der Waals surface area contributed by atoms with Crippen LogP contribution in [-0.2, 0) is 4.74 Å². The van der Waals surface area contributed by atoms with E-state index in [9.17, 15) is 9.18 Å². The number of carbonyl (C=O) groups is 1. The summed E-state index contributed by atoms with van der Waals surface area (Å²) in [7, 11) is 0. The van der Waals surface area contributed by atoms with E-state index in [1.54, 1.807) is 19.1 Å². The van der Waals surface area contributed by atoms with E-state index < -0.39 is 5.97 Å². The van der Waals surface area contributed by atoms with Crippen LogP contribution in [0.25, 0.3) is 10.9 Å². The molecule has 1 saturated heterocycles. The zero-order valence-corrected chi connectivity index (χ0v) is 16.3. The Labute approximate surface area is 168 Å². The van der Waals surface area contributed by atoms with Crippen LogP contribution in [0.4, 0.5) is 15.8 Å². The smallest absolute Gasteiger partial charge is 0.361 e. The van der Waals surface area contributed by atoms with Crippen LogP contribution in [0.2, 0.25) is 0 Å². The second-order valence-corrected chi connectivity index (χ2v) is 7.02. The van der Waals surface area contributed by atoms with E-state index in [4.69, 9.17) is 4.74 Å². The minimum absolute atomic E-state index is 0.162. The molecule has 2 heterocycles. The predicted molar refractivity (Wildman–Crippen MR) is 111 cm³/mol. The monoisotopic (exact) mass is 394 g/mol. The number of aromatic nitrogens is 2. The number of piperidine rings is 1. The molecule has 6 nitrogen and oxygen atoms in total. The first-order valence-electron chi connectivity index (χ1n) is 9.86. The van der Waals surface area contributed by atoms with Crippen molar-refractivity contribution >= 4 is 28.2 Å². The molecular formula is C22H23FN4O2. The summed E-state index contributed by atoms with van der Waals surface area (Å²) in [5.74, 6) is -0.712. The maximum absolute atomic E-state index is 13.9. The van der Waals surface area contributed by atoms with Gasteiger partial charge >= 0.3 is 5.97 Å². The predicted octanol–water partition coefficient (Wildman–Crippen LogP) is 4.03. The van der Waals surface area contributed by atoms with Gasteiger partial charge in [0.25, 0.3) is 0 Å². The molecule has 1 aliphatic heterocycles. The molecule has 0 unspecified atom stereocenters. The maximum Gasteiger partial charge on any atom is 0.361 e. The number of anilines is 2. The zero-order chi connectivity index (χ0) is 20.2. The molecule has 0 amide bonds. The lowest BCUT2D eigenvalue weighted by Crippen LogP contribution is -2.40. The van der Waals surface area contributed by atoms with Crippen molar-refractivity contribution in [3.8, 4) is 0 Å². The highest BCUT2D eigenvalue weighted by molar-refractivity contribution is 6.03. The summed E-state index contributed by atoms with van der Waals surface area (Å²) >= 11 is 0. The molecule has 0 aliphatic carbocycles.